The van der Waals surface area contributed by atoms with Crippen LogP contribution in [0.5, 0.6) is 0 Å². The summed E-state index contributed by atoms with van der Waals surface area (Å²) in [7, 11) is 0. The topological polar surface area (TPSA) is 61.4 Å². The number of amides is 2. The number of carbonyl (C=O) groups is 1. The summed E-state index contributed by atoms with van der Waals surface area (Å²) in [6.45, 7) is 8.92. The molecule has 0 saturated heterocycles. The highest BCUT2D eigenvalue weighted by Crippen LogP contribution is 2.22. The third-order valence-corrected chi connectivity index (χ3v) is 2.84. The van der Waals surface area contributed by atoms with E-state index in [4.69, 9.17) is 5.11 Å². The van der Waals surface area contributed by atoms with Crippen LogP contribution >= 0.6 is 0 Å². The van der Waals surface area contributed by atoms with E-state index in [0.717, 1.165) is 6.42 Å². The van der Waals surface area contributed by atoms with Crippen molar-refractivity contribution in [2.24, 2.45) is 5.41 Å². The molecule has 1 unspecified atom stereocenters. The second-order valence-electron chi connectivity index (χ2n) is 5.53. The molecular weight excluding hydrogens is 216 g/mol. The van der Waals surface area contributed by atoms with Crippen molar-refractivity contribution in [1.82, 2.24) is 10.6 Å². The third kappa shape index (κ3) is 8.98. The normalized spacial score (nSPS) is 13.2. The van der Waals surface area contributed by atoms with Gasteiger partial charge in [0.2, 0.25) is 0 Å². The lowest BCUT2D eigenvalue weighted by Crippen LogP contribution is -2.45. The van der Waals surface area contributed by atoms with Crippen LogP contribution in [0.25, 0.3) is 0 Å². The Morgan fingerprint density at radius 1 is 1.35 bits per heavy atom. The molecule has 0 aliphatic carbocycles. The average Bonchev–Trinajstić information content (AvgIpc) is 2.26. The van der Waals surface area contributed by atoms with E-state index < -0.39 is 0 Å². The van der Waals surface area contributed by atoms with Gasteiger partial charge in [-0.1, -0.05) is 40.0 Å². The summed E-state index contributed by atoms with van der Waals surface area (Å²) in [5.74, 6) is 0. The van der Waals surface area contributed by atoms with Crippen molar-refractivity contribution in [3.05, 3.63) is 0 Å². The zero-order chi connectivity index (χ0) is 13.3. The maximum absolute atomic E-state index is 11.5. The van der Waals surface area contributed by atoms with Crippen LogP contribution in [-0.4, -0.2) is 30.3 Å². The van der Waals surface area contributed by atoms with Gasteiger partial charge in [-0.15, -0.1) is 0 Å². The van der Waals surface area contributed by atoms with E-state index in [1.165, 1.54) is 19.3 Å². The molecule has 0 spiro atoms. The van der Waals surface area contributed by atoms with Crippen molar-refractivity contribution in [3.8, 4) is 0 Å². The quantitative estimate of drug-likeness (QED) is 0.574. The number of carbonyl (C=O) groups excluding carboxylic acids is 1. The van der Waals surface area contributed by atoms with Gasteiger partial charge in [0.15, 0.2) is 0 Å². The molecule has 0 fully saturated rings. The van der Waals surface area contributed by atoms with Crippen LogP contribution < -0.4 is 10.6 Å². The lowest BCUT2D eigenvalue weighted by atomic mass is 9.87. The van der Waals surface area contributed by atoms with Gasteiger partial charge in [-0.05, 0) is 18.8 Å². The van der Waals surface area contributed by atoms with Crippen molar-refractivity contribution >= 4 is 6.03 Å². The largest absolute Gasteiger partial charge is 0.394 e. The second-order valence-corrected chi connectivity index (χ2v) is 5.53. The summed E-state index contributed by atoms with van der Waals surface area (Å²) in [5.41, 5.74) is 0.134. The molecule has 2 amide bonds. The van der Waals surface area contributed by atoms with Crippen LogP contribution in [0.1, 0.15) is 53.4 Å². The Bertz CT molecular complexity index is 217. The first-order valence-corrected chi connectivity index (χ1v) is 6.56. The highest BCUT2D eigenvalue weighted by Gasteiger charge is 2.18. The predicted octanol–water partition coefficient (Wildman–Crippen LogP) is 2.27. The minimum atomic E-state index is -0.199. The van der Waals surface area contributed by atoms with Crippen molar-refractivity contribution in [1.29, 1.82) is 0 Å². The number of urea groups is 1. The van der Waals surface area contributed by atoms with E-state index >= 15 is 0 Å². The van der Waals surface area contributed by atoms with E-state index in [-0.39, 0.29) is 24.1 Å². The number of nitrogens with one attached hydrogen (secondary N) is 2. The molecule has 0 saturated carbocycles. The number of hydrogen-bond donors (Lipinski definition) is 3. The van der Waals surface area contributed by atoms with E-state index in [0.29, 0.717) is 6.54 Å². The molecule has 0 aliphatic rings. The molecular formula is C13H28N2O2. The number of aliphatic hydroxyl groups is 1. The van der Waals surface area contributed by atoms with Gasteiger partial charge < -0.3 is 15.7 Å². The summed E-state index contributed by atoms with van der Waals surface area (Å²) < 4.78 is 0. The predicted molar refractivity (Wildman–Crippen MR) is 71.0 cm³/mol. The van der Waals surface area contributed by atoms with E-state index in [1.54, 1.807) is 6.92 Å². The first kappa shape index (κ1) is 16.2. The van der Waals surface area contributed by atoms with Crippen molar-refractivity contribution < 1.29 is 9.90 Å². The van der Waals surface area contributed by atoms with Crippen LogP contribution in [0, 0.1) is 5.41 Å². The van der Waals surface area contributed by atoms with Gasteiger partial charge in [0, 0.05) is 6.54 Å². The fourth-order valence-corrected chi connectivity index (χ4v) is 1.58. The molecule has 102 valence electrons. The molecule has 0 radical (unpaired) electrons. The molecule has 0 bridgehead atoms. The van der Waals surface area contributed by atoms with Gasteiger partial charge in [0.1, 0.15) is 0 Å². The molecule has 0 rings (SSSR count). The first-order chi connectivity index (χ1) is 7.91. The highest BCUT2D eigenvalue weighted by atomic mass is 16.3. The Morgan fingerprint density at radius 3 is 2.53 bits per heavy atom. The Kier molecular flexibility index (Phi) is 7.96. The summed E-state index contributed by atoms with van der Waals surface area (Å²) in [4.78, 5) is 11.5. The van der Waals surface area contributed by atoms with E-state index in [1.807, 2.05) is 0 Å². The fraction of sp³-hybridized carbons (Fsp3) is 0.923. The van der Waals surface area contributed by atoms with Crippen LogP contribution in [0.15, 0.2) is 0 Å². The fourth-order valence-electron chi connectivity index (χ4n) is 1.58. The molecule has 0 aliphatic heterocycles. The van der Waals surface area contributed by atoms with Gasteiger partial charge in [-0.3, -0.25) is 0 Å². The molecule has 0 aromatic carbocycles. The van der Waals surface area contributed by atoms with Crippen LogP contribution in [-0.2, 0) is 0 Å². The molecule has 3 N–H and O–H groups in total. The minimum Gasteiger partial charge on any atom is -0.394 e. The molecule has 1 atom stereocenters. The molecule has 4 heteroatoms. The Balaban J connectivity index is 3.80. The summed E-state index contributed by atoms with van der Waals surface area (Å²) in [6.07, 6.45) is 4.80. The monoisotopic (exact) mass is 244 g/mol. The molecule has 0 aromatic heterocycles. The second kappa shape index (κ2) is 8.34. The summed E-state index contributed by atoms with van der Waals surface area (Å²) in [5, 5.41) is 14.3. The summed E-state index contributed by atoms with van der Waals surface area (Å²) in [6, 6.07) is -0.395. The zero-order valence-electron chi connectivity index (χ0n) is 11.7. The number of aliphatic hydroxyl groups excluding tert-OH is 1. The molecule has 0 heterocycles. The number of rotatable bonds is 8. The Labute approximate surface area is 105 Å². The molecule has 17 heavy (non-hydrogen) atoms. The SMILES string of the molecule is CCCCCC(C)(C)CNC(=O)NC(C)CO. The summed E-state index contributed by atoms with van der Waals surface area (Å²) >= 11 is 0. The number of hydrogen-bond acceptors (Lipinski definition) is 2. The van der Waals surface area contributed by atoms with Crippen LogP contribution in [0.3, 0.4) is 0 Å². The standard InChI is InChI=1S/C13H28N2O2/c1-5-6-7-8-13(3,4)10-14-12(17)15-11(2)9-16/h11,16H,5-10H2,1-4H3,(H2,14,15,17). The van der Waals surface area contributed by atoms with Gasteiger partial charge in [0.05, 0.1) is 12.6 Å². The van der Waals surface area contributed by atoms with Crippen molar-refractivity contribution in [2.75, 3.05) is 13.2 Å². The Morgan fingerprint density at radius 2 is 2.00 bits per heavy atom. The van der Waals surface area contributed by atoms with E-state index in [2.05, 4.69) is 31.4 Å². The van der Waals surface area contributed by atoms with Crippen LogP contribution in [0.4, 0.5) is 4.79 Å². The van der Waals surface area contributed by atoms with Crippen molar-refractivity contribution in [3.63, 3.8) is 0 Å². The first-order valence-electron chi connectivity index (χ1n) is 6.56. The third-order valence-electron chi connectivity index (χ3n) is 2.84. The van der Waals surface area contributed by atoms with Crippen LogP contribution in [0.2, 0.25) is 0 Å². The minimum absolute atomic E-state index is 0.0344. The molecule has 4 nitrogen and oxygen atoms in total. The molecule has 0 aromatic rings. The van der Waals surface area contributed by atoms with Gasteiger partial charge in [-0.25, -0.2) is 4.79 Å². The lowest BCUT2D eigenvalue weighted by molar-refractivity contribution is 0.214. The van der Waals surface area contributed by atoms with Gasteiger partial charge >= 0.3 is 6.03 Å². The lowest BCUT2D eigenvalue weighted by Gasteiger charge is -2.25. The number of unbranched alkanes of at least 4 members (excludes halogenated alkanes) is 2. The van der Waals surface area contributed by atoms with E-state index in [9.17, 15) is 4.79 Å². The van der Waals surface area contributed by atoms with Gasteiger partial charge in [0.25, 0.3) is 0 Å². The maximum atomic E-state index is 11.5. The Hall–Kier alpha value is -0.770. The van der Waals surface area contributed by atoms with Crippen molar-refractivity contribution in [2.45, 2.75) is 59.4 Å². The zero-order valence-corrected chi connectivity index (χ0v) is 11.7. The average molecular weight is 244 g/mol. The smallest absolute Gasteiger partial charge is 0.315 e. The highest BCUT2D eigenvalue weighted by molar-refractivity contribution is 5.74. The maximum Gasteiger partial charge on any atom is 0.315 e. The van der Waals surface area contributed by atoms with Gasteiger partial charge in [-0.2, -0.15) is 0 Å².